The minimum Gasteiger partial charge on any atom is -0.493 e. The fourth-order valence-corrected chi connectivity index (χ4v) is 1.82. The van der Waals surface area contributed by atoms with Crippen molar-refractivity contribution >= 4 is 5.69 Å². The second kappa shape index (κ2) is 4.36. The summed E-state index contributed by atoms with van der Waals surface area (Å²) in [5, 5.41) is 3.40. The summed E-state index contributed by atoms with van der Waals surface area (Å²) in [5.74, 6) is 1.07. The molecule has 0 aromatic heterocycles. The number of ether oxygens (including phenoxy) is 1. The zero-order valence-corrected chi connectivity index (χ0v) is 8.68. The van der Waals surface area contributed by atoms with E-state index in [0.717, 1.165) is 31.7 Å². The molecule has 2 heteroatoms. The molecule has 1 aromatic carbocycles. The molecule has 0 amide bonds. The van der Waals surface area contributed by atoms with Gasteiger partial charge in [0.2, 0.25) is 0 Å². The molecule has 0 spiro atoms. The van der Waals surface area contributed by atoms with Gasteiger partial charge >= 0.3 is 0 Å². The SMILES string of the molecule is CCCOc1cccc2c1CCCN2. The van der Waals surface area contributed by atoms with Crippen molar-refractivity contribution in [2.24, 2.45) is 0 Å². The molecule has 0 saturated carbocycles. The Morgan fingerprint density at radius 3 is 3.21 bits per heavy atom. The van der Waals surface area contributed by atoms with Crippen molar-refractivity contribution < 1.29 is 4.74 Å². The summed E-state index contributed by atoms with van der Waals surface area (Å²) >= 11 is 0. The van der Waals surface area contributed by atoms with E-state index in [-0.39, 0.29) is 0 Å². The topological polar surface area (TPSA) is 21.3 Å². The molecule has 0 aliphatic carbocycles. The van der Waals surface area contributed by atoms with Crippen LogP contribution in [-0.2, 0) is 6.42 Å². The molecule has 1 aromatic rings. The summed E-state index contributed by atoms with van der Waals surface area (Å²) in [6.45, 7) is 4.04. The molecule has 0 bridgehead atoms. The van der Waals surface area contributed by atoms with E-state index in [1.807, 2.05) is 0 Å². The second-order valence-corrected chi connectivity index (χ2v) is 3.66. The van der Waals surface area contributed by atoms with Gasteiger partial charge in [-0.05, 0) is 31.4 Å². The Kier molecular flexibility index (Phi) is 2.92. The maximum absolute atomic E-state index is 5.71. The molecule has 2 rings (SSSR count). The Balaban J connectivity index is 2.21. The molecular formula is C12H17NO. The quantitative estimate of drug-likeness (QED) is 0.793. The third-order valence-corrected chi connectivity index (χ3v) is 2.51. The van der Waals surface area contributed by atoms with Crippen LogP contribution >= 0.6 is 0 Å². The molecule has 0 fully saturated rings. The molecule has 1 aliphatic rings. The molecule has 1 N–H and O–H groups in total. The third-order valence-electron chi connectivity index (χ3n) is 2.51. The highest BCUT2D eigenvalue weighted by Gasteiger charge is 2.12. The normalized spacial score (nSPS) is 14.4. The summed E-state index contributed by atoms with van der Waals surface area (Å²) in [5.41, 5.74) is 2.61. The summed E-state index contributed by atoms with van der Waals surface area (Å²) in [4.78, 5) is 0. The van der Waals surface area contributed by atoms with Crippen molar-refractivity contribution in [2.75, 3.05) is 18.5 Å². The first-order valence-electron chi connectivity index (χ1n) is 5.40. The molecule has 0 radical (unpaired) electrons. The summed E-state index contributed by atoms with van der Waals surface area (Å²) in [6.07, 6.45) is 3.42. The van der Waals surface area contributed by atoms with Gasteiger partial charge in [0.25, 0.3) is 0 Å². The van der Waals surface area contributed by atoms with Gasteiger partial charge in [-0.15, -0.1) is 0 Å². The fourth-order valence-electron chi connectivity index (χ4n) is 1.82. The smallest absolute Gasteiger partial charge is 0.124 e. The van der Waals surface area contributed by atoms with Gasteiger partial charge in [0.05, 0.1) is 6.61 Å². The first-order chi connectivity index (χ1) is 6.92. The molecule has 1 aliphatic heterocycles. The minimum atomic E-state index is 0.816. The number of anilines is 1. The van der Waals surface area contributed by atoms with Crippen molar-refractivity contribution in [1.29, 1.82) is 0 Å². The van der Waals surface area contributed by atoms with Crippen molar-refractivity contribution in [2.45, 2.75) is 26.2 Å². The highest BCUT2D eigenvalue weighted by atomic mass is 16.5. The molecule has 1 heterocycles. The van der Waals surface area contributed by atoms with Gasteiger partial charge in [0, 0.05) is 17.8 Å². The van der Waals surface area contributed by atoms with E-state index in [1.54, 1.807) is 0 Å². The van der Waals surface area contributed by atoms with E-state index < -0.39 is 0 Å². The predicted octanol–water partition coefficient (Wildman–Crippen LogP) is 2.83. The van der Waals surface area contributed by atoms with Gasteiger partial charge in [0.15, 0.2) is 0 Å². The lowest BCUT2D eigenvalue weighted by molar-refractivity contribution is 0.314. The lowest BCUT2D eigenvalue weighted by Gasteiger charge is -2.20. The van der Waals surface area contributed by atoms with Gasteiger partial charge in [0.1, 0.15) is 5.75 Å². The molecule has 2 nitrogen and oxygen atoms in total. The van der Waals surface area contributed by atoms with Crippen LogP contribution in [0.25, 0.3) is 0 Å². The first kappa shape index (κ1) is 9.38. The monoisotopic (exact) mass is 191 g/mol. The predicted molar refractivity (Wildman–Crippen MR) is 59.0 cm³/mol. The van der Waals surface area contributed by atoms with Crippen LogP contribution in [0.5, 0.6) is 5.75 Å². The second-order valence-electron chi connectivity index (χ2n) is 3.66. The standard InChI is InChI=1S/C12H17NO/c1-2-9-14-12-7-3-6-11-10(12)5-4-8-13-11/h3,6-7,13H,2,4-5,8-9H2,1H3. The lowest BCUT2D eigenvalue weighted by atomic mass is 10.0. The van der Waals surface area contributed by atoms with Crippen LogP contribution in [0.4, 0.5) is 5.69 Å². The van der Waals surface area contributed by atoms with Crippen LogP contribution in [0.2, 0.25) is 0 Å². The highest BCUT2D eigenvalue weighted by Crippen LogP contribution is 2.30. The van der Waals surface area contributed by atoms with Gasteiger partial charge in [-0.2, -0.15) is 0 Å². The Morgan fingerprint density at radius 1 is 1.43 bits per heavy atom. The van der Waals surface area contributed by atoms with Crippen molar-refractivity contribution in [3.05, 3.63) is 23.8 Å². The van der Waals surface area contributed by atoms with E-state index >= 15 is 0 Å². The number of fused-ring (bicyclic) bond motifs is 1. The molecule has 0 saturated heterocycles. The maximum atomic E-state index is 5.71. The summed E-state index contributed by atoms with van der Waals surface area (Å²) in [7, 11) is 0. The number of hydrogen-bond acceptors (Lipinski definition) is 2. The lowest BCUT2D eigenvalue weighted by Crippen LogP contribution is -2.13. The Labute approximate surface area is 85.3 Å². The third kappa shape index (κ3) is 1.84. The molecule has 76 valence electrons. The average Bonchev–Trinajstić information content (AvgIpc) is 2.26. The van der Waals surface area contributed by atoms with Crippen LogP contribution in [0.15, 0.2) is 18.2 Å². The molecule has 14 heavy (non-hydrogen) atoms. The van der Waals surface area contributed by atoms with Crippen LogP contribution in [0.3, 0.4) is 0 Å². The Morgan fingerprint density at radius 2 is 2.36 bits per heavy atom. The number of nitrogens with one attached hydrogen (secondary N) is 1. The molecule has 0 atom stereocenters. The Hall–Kier alpha value is -1.18. The minimum absolute atomic E-state index is 0.816. The van der Waals surface area contributed by atoms with E-state index in [4.69, 9.17) is 4.74 Å². The first-order valence-corrected chi connectivity index (χ1v) is 5.40. The largest absolute Gasteiger partial charge is 0.493 e. The van der Waals surface area contributed by atoms with E-state index in [2.05, 4.69) is 30.4 Å². The van der Waals surface area contributed by atoms with Crippen molar-refractivity contribution in [1.82, 2.24) is 0 Å². The fraction of sp³-hybridized carbons (Fsp3) is 0.500. The zero-order chi connectivity index (χ0) is 9.80. The van der Waals surface area contributed by atoms with Crippen LogP contribution in [0, 0.1) is 0 Å². The number of hydrogen-bond donors (Lipinski definition) is 1. The number of rotatable bonds is 3. The van der Waals surface area contributed by atoms with Crippen molar-refractivity contribution in [3.63, 3.8) is 0 Å². The van der Waals surface area contributed by atoms with Crippen LogP contribution < -0.4 is 10.1 Å². The van der Waals surface area contributed by atoms with Gasteiger partial charge in [-0.3, -0.25) is 0 Å². The van der Waals surface area contributed by atoms with Gasteiger partial charge in [-0.1, -0.05) is 13.0 Å². The number of benzene rings is 1. The van der Waals surface area contributed by atoms with Gasteiger partial charge < -0.3 is 10.1 Å². The summed E-state index contributed by atoms with van der Waals surface area (Å²) < 4.78 is 5.71. The van der Waals surface area contributed by atoms with E-state index in [1.165, 1.54) is 17.7 Å². The van der Waals surface area contributed by atoms with Crippen LogP contribution in [0.1, 0.15) is 25.3 Å². The van der Waals surface area contributed by atoms with Crippen molar-refractivity contribution in [3.8, 4) is 5.75 Å². The summed E-state index contributed by atoms with van der Waals surface area (Å²) in [6, 6.07) is 6.26. The highest BCUT2D eigenvalue weighted by molar-refractivity contribution is 5.58. The molecule has 0 unspecified atom stereocenters. The zero-order valence-electron chi connectivity index (χ0n) is 8.68. The maximum Gasteiger partial charge on any atom is 0.124 e. The van der Waals surface area contributed by atoms with Gasteiger partial charge in [-0.25, -0.2) is 0 Å². The van der Waals surface area contributed by atoms with E-state index in [9.17, 15) is 0 Å². The van der Waals surface area contributed by atoms with Crippen LogP contribution in [-0.4, -0.2) is 13.2 Å². The Bertz CT molecular complexity index is 309. The average molecular weight is 191 g/mol. The van der Waals surface area contributed by atoms with E-state index in [0.29, 0.717) is 0 Å². The molecular weight excluding hydrogens is 174 g/mol.